The highest BCUT2D eigenvalue weighted by Crippen LogP contribution is 2.27. The number of alkyl halides is 3. The smallest absolute Gasteiger partial charge is 0.406 e. The highest BCUT2D eigenvalue weighted by molar-refractivity contribution is 5.76. The summed E-state index contributed by atoms with van der Waals surface area (Å²) in [7, 11) is 0. The van der Waals surface area contributed by atoms with Crippen molar-refractivity contribution < 1.29 is 22.7 Å². The van der Waals surface area contributed by atoms with Crippen molar-refractivity contribution in [2.24, 2.45) is 0 Å². The SMILES string of the molecule is O=C(CCc1ccccc1OC(F)(F)F)NCc1cn(-c2ccccc2)nc1-c1ccncc1. The molecule has 2 aromatic heterocycles. The Kier molecular flexibility index (Phi) is 6.91. The number of aryl methyl sites for hydroxylation is 1. The third kappa shape index (κ3) is 6.00. The number of ether oxygens (including phenoxy) is 1. The lowest BCUT2D eigenvalue weighted by Gasteiger charge is -2.13. The predicted molar refractivity (Wildman–Crippen MR) is 120 cm³/mol. The minimum atomic E-state index is -4.79. The van der Waals surface area contributed by atoms with Gasteiger partial charge in [-0.2, -0.15) is 5.10 Å². The first-order valence-corrected chi connectivity index (χ1v) is 10.5. The first-order valence-electron chi connectivity index (χ1n) is 10.5. The van der Waals surface area contributed by atoms with Gasteiger partial charge in [0.15, 0.2) is 0 Å². The minimum absolute atomic E-state index is 0.00957. The molecule has 4 aromatic rings. The maximum atomic E-state index is 12.6. The van der Waals surface area contributed by atoms with Crippen LogP contribution in [0.1, 0.15) is 17.5 Å². The Bertz CT molecular complexity index is 1240. The molecule has 6 nitrogen and oxygen atoms in total. The first-order chi connectivity index (χ1) is 16.4. The number of para-hydroxylation sites is 2. The van der Waals surface area contributed by atoms with E-state index in [-0.39, 0.29) is 31.0 Å². The van der Waals surface area contributed by atoms with Gasteiger partial charge >= 0.3 is 6.36 Å². The van der Waals surface area contributed by atoms with Crippen molar-refractivity contribution in [1.29, 1.82) is 0 Å². The lowest BCUT2D eigenvalue weighted by molar-refractivity contribution is -0.274. The number of hydrogen-bond donors (Lipinski definition) is 1. The second kappa shape index (κ2) is 10.2. The molecule has 0 radical (unpaired) electrons. The highest BCUT2D eigenvalue weighted by atomic mass is 19.4. The number of amides is 1. The van der Waals surface area contributed by atoms with Crippen molar-refractivity contribution in [3.8, 4) is 22.7 Å². The number of halogens is 3. The number of hydrogen-bond acceptors (Lipinski definition) is 4. The van der Waals surface area contributed by atoms with Gasteiger partial charge in [-0.3, -0.25) is 9.78 Å². The molecular formula is C25H21F3N4O2. The Hall–Kier alpha value is -4.14. The van der Waals surface area contributed by atoms with Gasteiger partial charge in [-0.05, 0) is 42.3 Å². The van der Waals surface area contributed by atoms with Crippen LogP contribution in [0.4, 0.5) is 13.2 Å². The molecule has 174 valence electrons. The third-order valence-electron chi connectivity index (χ3n) is 5.06. The molecule has 0 saturated carbocycles. The van der Waals surface area contributed by atoms with Crippen LogP contribution >= 0.6 is 0 Å². The largest absolute Gasteiger partial charge is 0.573 e. The lowest BCUT2D eigenvalue weighted by Crippen LogP contribution is -2.23. The number of aromatic nitrogens is 3. The van der Waals surface area contributed by atoms with Crippen LogP contribution in [0, 0.1) is 0 Å². The van der Waals surface area contributed by atoms with E-state index in [1.807, 2.05) is 48.7 Å². The zero-order valence-corrected chi connectivity index (χ0v) is 18.0. The normalized spacial score (nSPS) is 11.3. The van der Waals surface area contributed by atoms with Crippen LogP contribution in [0.25, 0.3) is 16.9 Å². The third-order valence-corrected chi connectivity index (χ3v) is 5.06. The van der Waals surface area contributed by atoms with Crippen LogP contribution < -0.4 is 10.1 Å². The molecular weight excluding hydrogens is 445 g/mol. The van der Waals surface area contributed by atoms with Gasteiger partial charge in [-0.1, -0.05) is 36.4 Å². The molecule has 0 fully saturated rings. The number of carbonyl (C=O) groups excluding carboxylic acids is 1. The van der Waals surface area contributed by atoms with Crippen molar-refractivity contribution in [3.05, 3.63) is 96.4 Å². The summed E-state index contributed by atoms with van der Waals surface area (Å²) in [5.41, 5.74) is 3.54. The fraction of sp³-hybridized carbons (Fsp3) is 0.160. The van der Waals surface area contributed by atoms with E-state index in [9.17, 15) is 18.0 Å². The molecule has 0 aliphatic heterocycles. The quantitative estimate of drug-likeness (QED) is 0.393. The molecule has 9 heteroatoms. The first kappa shape index (κ1) is 23.0. The Morgan fingerprint density at radius 1 is 0.941 bits per heavy atom. The average molecular weight is 466 g/mol. The van der Waals surface area contributed by atoms with E-state index < -0.39 is 6.36 Å². The molecule has 2 aromatic carbocycles. The monoisotopic (exact) mass is 466 g/mol. The van der Waals surface area contributed by atoms with Crippen molar-refractivity contribution in [2.75, 3.05) is 0 Å². The molecule has 34 heavy (non-hydrogen) atoms. The maximum Gasteiger partial charge on any atom is 0.573 e. The molecule has 0 aliphatic rings. The number of benzene rings is 2. The number of carbonyl (C=O) groups is 1. The topological polar surface area (TPSA) is 69.0 Å². The van der Waals surface area contributed by atoms with E-state index >= 15 is 0 Å². The van der Waals surface area contributed by atoms with E-state index in [0.717, 1.165) is 16.8 Å². The van der Waals surface area contributed by atoms with Crippen molar-refractivity contribution in [1.82, 2.24) is 20.1 Å². The lowest BCUT2D eigenvalue weighted by atomic mass is 10.1. The molecule has 2 heterocycles. The maximum absolute atomic E-state index is 12.6. The fourth-order valence-corrected chi connectivity index (χ4v) is 3.47. The van der Waals surface area contributed by atoms with Gasteiger partial charge < -0.3 is 10.1 Å². The van der Waals surface area contributed by atoms with E-state index in [0.29, 0.717) is 11.3 Å². The van der Waals surface area contributed by atoms with Crippen molar-refractivity contribution >= 4 is 5.91 Å². The molecule has 1 N–H and O–H groups in total. The summed E-state index contributed by atoms with van der Waals surface area (Å²) in [4.78, 5) is 16.5. The number of nitrogens with zero attached hydrogens (tertiary/aromatic N) is 3. The molecule has 0 bridgehead atoms. The van der Waals surface area contributed by atoms with Gasteiger partial charge in [-0.15, -0.1) is 13.2 Å². The summed E-state index contributed by atoms with van der Waals surface area (Å²) in [6.45, 7) is 0.212. The Labute approximate surface area is 194 Å². The van der Waals surface area contributed by atoms with Crippen LogP contribution in [-0.4, -0.2) is 27.0 Å². The predicted octanol–water partition coefficient (Wildman–Crippen LogP) is 5.08. The summed E-state index contributed by atoms with van der Waals surface area (Å²) in [6.07, 6.45) is 0.506. The van der Waals surface area contributed by atoms with Gasteiger partial charge in [0.2, 0.25) is 5.91 Å². The van der Waals surface area contributed by atoms with Crippen LogP contribution in [0.3, 0.4) is 0 Å². The second-order valence-corrected chi connectivity index (χ2v) is 7.45. The molecule has 0 unspecified atom stereocenters. The Balaban J connectivity index is 1.45. The number of nitrogens with one attached hydrogen (secondary N) is 1. The summed E-state index contributed by atoms with van der Waals surface area (Å²) in [6, 6.07) is 19.1. The summed E-state index contributed by atoms with van der Waals surface area (Å²) < 4.78 is 43.6. The molecule has 0 spiro atoms. The summed E-state index contributed by atoms with van der Waals surface area (Å²) in [5, 5.41) is 7.52. The minimum Gasteiger partial charge on any atom is -0.406 e. The fourth-order valence-electron chi connectivity index (χ4n) is 3.47. The van der Waals surface area contributed by atoms with E-state index in [1.54, 1.807) is 23.1 Å². The number of pyridine rings is 1. The summed E-state index contributed by atoms with van der Waals surface area (Å²) in [5.74, 6) is -0.595. The number of rotatable bonds is 8. The van der Waals surface area contributed by atoms with Crippen LogP contribution in [0.15, 0.2) is 85.3 Å². The van der Waals surface area contributed by atoms with Gasteiger partial charge in [0.25, 0.3) is 0 Å². The van der Waals surface area contributed by atoms with Crippen LogP contribution in [-0.2, 0) is 17.8 Å². The van der Waals surface area contributed by atoms with Gasteiger partial charge in [0.05, 0.1) is 11.4 Å². The van der Waals surface area contributed by atoms with Gasteiger partial charge in [-0.25, -0.2) is 4.68 Å². The zero-order valence-electron chi connectivity index (χ0n) is 18.0. The standard InChI is InChI=1S/C25H21F3N4O2/c26-25(27,28)34-22-9-5-4-6-18(22)10-11-23(33)30-16-20-17-32(21-7-2-1-3-8-21)31-24(20)19-12-14-29-15-13-19/h1-9,12-15,17H,10-11,16H2,(H,30,33). The molecule has 0 aliphatic carbocycles. The molecule has 0 saturated heterocycles. The van der Waals surface area contributed by atoms with Crippen LogP contribution in [0.2, 0.25) is 0 Å². The van der Waals surface area contributed by atoms with Gasteiger partial charge in [0, 0.05) is 42.7 Å². The zero-order chi connectivity index (χ0) is 24.0. The Morgan fingerprint density at radius 3 is 2.38 bits per heavy atom. The van der Waals surface area contributed by atoms with Crippen molar-refractivity contribution in [3.63, 3.8) is 0 Å². The highest BCUT2D eigenvalue weighted by Gasteiger charge is 2.32. The molecule has 4 rings (SSSR count). The molecule has 0 atom stereocenters. The van der Waals surface area contributed by atoms with E-state index in [1.165, 1.54) is 18.2 Å². The van der Waals surface area contributed by atoms with E-state index in [4.69, 9.17) is 0 Å². The Morgan fingerprint density at radius 2 is 1.65 bits per heavy atom. The average Bonchev–Trinajstić information content (AvgIpc) is 3.27. The van der Waals surface area contributed by atoms with Crippen molar-refractivity contribution in [2.45, 2.75) is 25.7 Å². The van der Waals surface area contributed by atoms with Crippen LogP contribution in [0.5, 0.6) is 5.75 Å². The summed E-state index contributed by atoms with van der Waals surface area (Å²) >= 11 is 0. The second-order valence-electron chi connectivity index (χ2n) is 7.45. The van der Waals surface area contributed by atoms with E-state index in [2.05, 4.69) is 20.1 Å². The molecule has 1 amide bonds. The van der Waals surface area contributed by atoms with Gasteiger partial charge in [0.1, 0.15) is 5.75 Å².